The van der Waals surface area contributed by atoms with Crippen molar-refractivity contribution in [1.29, 1.82) is 5.26 Å². The van der Waals surface area contributed by atoms with Crippen LogP contribution < -0.4 is 11.2 Å². The molecule has 1 aromatic carbocycles. The Morgan fingerprint density at radius 3 is 2.62 bits per heavy atom. The van der Waals surface area contributed by atoms with Crippen molar-refractivity contribution in [2.45, 2.75) is 0 Å². The highest BCUT2D eigenvalue weighted by Gasteiger charge is 2.05. The van der Waals surface area contributed by atoms with E-state index in [1.807, 2.05) is 0 Å². The molecule has 0 aliphatic rings. The predicted octanol–water partition coefficient (Wildman–Crippen LogP) is 1.77. The predicted molar refractivity (Wildman–Crippen MR) is 62.3 cm³/mol. The van der Waals surface area contributed by atoms with Crippen LogP contribution in [0, 0.1) is 11.3 Å². The maximum absolute atomic E-state index is 10.7. The Kier molecular flexibility index (Phi) is 4.11. The fraction of sp³-hybridized carbons (Fsp3) is 0. The third kappa shape index (κ3) is 3.12. The molecule has 16 heavy (non-hydrogen) atoms. The average Bonchev–Trinajstić information content (AvgIpc) is 2.23. The Morgan fingerprint density at radius 1 is 1.44 bits per heavy atom. The van der Waals surface area contributed by atoms with Gasteiger partial charge in [0.1, 0.15) is 6.07 Å². The normalized spacial score (nSPS) is 10.7. The molecular weight excluding hydrogens is 251 g/mol. The molecule has 0 fully saturated rings. The van der Waals surface area contributed by atoms with Gasteiger partial charge in [0, 0.05) is 0 Å². The highest BCUT2D eigenvalue weighted by atomic mass is 35.5. The van der Waals surface area contributed by atoms with Crippen molar-refractivity contribution >= 4 is 40.5 Å². The third-order valence-electron chi connectivity index (χ3n) is 1.56. The van der Waals surface area contributed by atoms with Crippen molar-refractivity contribution in [2.24, 2.45) is 10.8 Å². The molecular formula is C9H6Cl2N4O. The Bertz CT molecular complexity index is 493. The van der Waals surface area contributed by atoms with Crippen molar-refractivity contribution in [3.8, 4) is 6.07 Å². The van der Waals surface area contributed by atoms with E-state index in [-0.39, 0.29) is 0 Å². The summed E-state index contributed by atoms with van der Waals surface area (Å²) in [7, 11) is 0. The van der Waals surface area contributed by atoms with Crippen LogP contribution in [0.3, 0.4) is 0 Å². The van der Waals surface area contributed by atoms with Gasteiger partial charge in [-0.05, 0) is 18.2 Å². The van der Waals surface area contributed by atoms with Crippen molar-refractivity contribution in [3.63, 3.8) is 0 Å². The van der Waals surface area contributed by atoms with Crippen LogP contribution in [0.1, 0.15) is 0 Å². The van der Waals surface area contributed by atoms with Gasteiger partial charge in [0.25, 0.3) is 5.91 Å². The van der Waals surface area contributed by atoms with Crippen LogP contribution in [0.2, 0.25) is 10.0 Å². The van der Waals surface area contributed by atoms with E-state index in [0.717, 1.165) is 0 Å². The lowest BCUT2D eigenvalue weighted by atomic mass is 10.3. The van der Waals surface area contributed by atoms with Crippen molar-refractivity contribution in [3.05, 3.63) is 28.2 Å². The van der Waals surface area contributed by atoms with E-state index in [1.165, 1.54) is 6.07 Å². The van der Waals surface area contributed by atoms with Crippen molar-refractivity contribution < 1.29 is 4.79 Å². The van der Waals surface area contributed by atoms with Gasteiger partial charge in [-0.3, -0.25) is 10.2 Å². The van der Waals surface area contributed by atoms with Gasteiger partial charge in [-0.15, -0.1) is 0 Å². The molecule has 0 aromatic heterocycles. The average molecular weight is 257 g/mol. The molecule has 1 aromatic rings. The number of carbonyl (C=O) groups excluding carboxylic acids is 1. The number of halogens is 2. The number of hydrogen-bond acceptors (Lipinski definition) is 4. The lowest BCUT2D eigenvalue weighted by Gasteiger charge is -2.01. The Balaban J connectivity index is 2.86. The summed E-state index contributed by atoms with van der Waals surface area (Å²) in [6, 6.07) is 6.20. The summed E-state index contributed by atoms with van der Waals surface area (Å²) < 4.78 is 0. The van der Waals surface area contributed by atoms with Gasteiger partial charge in [-0.1, -0.05) is 23.2 Å². The van der Waals surface area contributed by atoms with Crippen LogP contribution in [-0.2, 0) is 4.79 Å². The minimum absolute atomic E-state index is 0.333. The zero-order valence-corrected chi connectivity index (χ0v) is 9.38. The Morgan fingerprint density at radius 2 is 2.12 bits per heavy atom. The number of rotatable bonds is 3. The molecule has 0 unspecified atom stereocenters. The van der Waals surface area contributed by atoms with Crippen LogP contribution in [0.4, 0.5) is 5.69 Å². The standard InChI is InChI=1S/C9H6Cl2N4O/c10-6-2-1-5(3-7(6)11)14-15-8(4-12)9(13)16/h1-3,14H,(H2,13,16)/b15-8-. The number of hydrazone groups is 1. The van der Waals surface area contributed by atoms with Crippen LogP contribution in [0.5, 0.6) is 0 Å². The smallest absolute Gasteiger partial charge is 0.280 e. The molecule has 0 heterocycles. The number of primary amides is 1. The number of anilines is 1. The molecule has 1 rings (SSSR count). The van der Waals surface area contributed by atoms with Gasteiger partial charge in [0.2, 0.25) is 5.71 Å². The van der Waals surface area contributed by atoms with Crippen LogP contribution in [0.25, 0.3) is 0 Å². The van der Waals surface area contributed by atoms with E-state index >= 15 is 0 Å². The molecule has 5 nitrogen and oxygen atoms in total. The minimum atomic E-state index is -0.907. The van der Waals surface area contributed by atoms with Gasteiger partial charge in [-0.2, -0.15) is 10.4 Å². The first-order chi connectivity index (χ1) is 7.54. The molecule has 3 N–H and O–H groups in total. The topological polar surface area (TPSA) is 91.3 Å². The van der Waals surface area contributed by atoms with Gasteiger partial charge in [0.05, 0.1) is 15.7 Å². The molecule has 1 amide bonds. The van der Waals surface area contributed by atoms with Crippen molar-refractivity contribution in [2.75, 3.05) is 5.43 Å². The summed E-state index contributed by atoms with van der Waals surface area (Å²) in [5.74, 6) is -0.907. The number of benzene rings is 1. The zero-order valence-electron chi connectivity index (χ0n) is 7.87. The number of nitrogens with two attached hydrogens (primary N) is 1. The second-order valence-corrected chi connectivity index (χ2v) is 3.49. The number of nitriles is 1. The molecule has 0 spiro atoms. The second kappa shape index (κ2) is 5.35. The summed E-state index contributed by atoms with van der Waals surface area (Å²) in [5.41, 5.74) is 7.42. The molecule has 0 atom stereocenters. The highest BCUT2D eigenvalue weighted by Crippen LogP contribution is 2.24. The Hall–Kier alpha value is -1.77. The van der Waals surface area contributed by atoms with Gasteiger partial charge in [0.15, 0.2) is 0 Å². The largest absolute Gasteiger partial charge is 0.364 e. The molecule has 0 saturated heterocycles. The number of amides is 1. The number of nitrogens with one attached hydrogen (secondary N) is 1. The van der Waals surface area contributed by atoms with Gasteiger partial charge in [-0.25, -0.2) is 0 Å². The molecule has 0 bridgehead atoms. The van der Waals surface area contributed by atoms with E-state index in [2.05, 4.69) is 10.5 Å². The molecule has 0 aliphatic heterocycles. The number of carbonyl (C=O) groups is 1. The van der Waals surface area contributed by atoms with E-state index in [9.17, 15) is 4.79 Å². The lowest BCUT2D eigenvalue weighted by Crippen LogP contribution is -2.22. The van der Waals surface area contributed by atoms with E-state index in [4.69, 9.17) is 34.2 Å². The summed E-state index contributed by atoms with van der Waals surface area (Å²) in [6.07, 6.45) is 0. The van der Waals surface area contributed by atoms with E-state index in [0.29, 0.717) is 15.7 Å². The second-order valence-electron chi connectivity index (χ2n) is 2.68. The first kappa shape index (κ1) is 12.3. The third-order valence-corrected chi connectivity index (χ3v) is 2.29. The number of nitrogens with zero attached hydrogens (tertiary/aromatic N) is 2. The van der Waals surface area contributed by atoms with Gasteiger partial charge >= 0.3 is 0 Å². The molecule has 7 heteroatoms. The molecule has 0 saturated carbocycles. The monoisotopic (exact) mass is 256 g/mol. The zero-order chi connectivity index (χ0) is 12.1. The fourth-order valence-electron chi connectivity index (χ4n) is 0.821. The Labute approximate surface area is 101 Å². The van der Waals surface area contributed by atoms with Gasteiger partial charge < -0.3 is 5.73 Å². The summed E-state index contributed by atoms with van der Waals surface area (Å²) in [4.78, 5) is 10.7. The lowest BCUT2D eigenvalue weighted by molar-refractivity contribution is -0.111. The first-order valence-corrected chi connectivity index (χ1v) is 4.79. The molecule has 82 valence electrons. The minimum Gasteiger partial charge on any atom is -0.364 e. The summed E-state index contributed by atoms with van der Waals surface area (Å²) in [6.45, 7) is 0. The van der Waals surface area contributed by atoms with E-state index in [1.54, 1.807) is 18.2 Å². The number of hydrogen-bond donors (Lipinski definition) is 2. The maximum Gasteiger partial charge on any atom is 0.280 e. The maximum atomic E-state index is 10.7. The van der Waals surface area contributed by atoms with E-state index < -0.39 is 11.6 Å². The molecule has 0 radical (unpaired) electrons. The van der Waals surface area contributed by atoms with Crippen molar-refractivity contribution in [1.82, 2.24) is 0 Å². The summed E-state index contributed by atoms with van der Waals surface area (Å²) >= 11 is 11.4. The van der Waals surface area contributed by atoms with Crippen LogP contribution in [0.15, 0.2) is 23.3 Å². The highest BCUT2D eigenvalue weighted by molar-refractivity contribution is 6.44. The summed E-state index contributed by atoms with van der Waals surface area (Å²) in [5, 5.41) is 12.7. The fourth-order valence-corrected chi connectivity index (χ4v) is 1.12. The van der Waals surface area contributed by atoms with Crippen LogP contribution in [-0.4, -0.2) is 11.6 Å². The SMILES string of the molecule is N#C/C(=N/Nc1ccc(Cl)c(Cl)c1)C(N)=O. The first-order valence-electron chi connectivity index (χ1n) is 4.03. The van der Waals surface area contributed by atoms with Crippen LogP contribution >= 0.6 is 23.2 Å². The quantitative estimate of drug-likeness (QED) is 0.638. The molecule has 0 aliphatic carbocycles.